The fourth-order valence-corrected chi connectivity index (χ4v) is 5.61. The summed E-state index contributed by atoms with van der Waals surface area (Å²) >= 11 is 22.2. The number of alkyl halides is 2. The highest BCUT2D eigenvalue weighted by Crippen LogP contribution is 2.65. The molecule has 2 aromatic carbocycles. The molecular weight excluding hydrogens is 558 g/mol. The molecule has 2 aromatic rings. The number of nitrogens with one attached hydrogen (secondary N) is 1. The van der Waals surface area contributed by atoms with Crippen molar-refractivity contribution in [2.45, 2.75) is 29.5 Å². The van der Waals surface area contributed by atoms with Crippen molar-refractivity contribution in [2.24, 2.45) is 11.3 Å². The van der Waals surface area contributed by atoms with E-state index < -0.39 is 33.3 Å². The minimum atomic E-state index is -1.43. The van der Waals surface area contributed by atoms with Crippen LogP contribution in [-0.2, 0) is 4.79 Å². The highest BCUT2D eigenvalue weighted by atomic mass is 79.9. The van der Waals surface area contributed by atoms with Gasteiger partial charge in [-0.2, -0.15) is 5.26 Å². The van der Waals surface area contributed by atoms with Gasteiger partial charge in [0.15, 0.2) is 17.3 Å². The topological polar surface area (TPSA) is 79.2 Å². The Morgan fingerprint density at radius 2 is 2.00 bits per heavy atom. The summed E-state index contributed by atoms with van der Waals surface area (Å²) in [5, 5.41) is 12.2. The second-order valence-corrected chi connectivity index (χ2v) is 11.0. The van der Waals surface area contributed by atoms with Crippen LogP contribution < -0.4 is 10.1 Å². The van der Waals surface area contributed by atoms with Gasteiger partial charge >= 0.3 is 0 Å². The molecule has 0 heterocycles. The summed E-state index contributed by atoms with van der Waals surface area (Å²) in [7, 11) is 1.35. The second kappa shape index (κ2) is 8.74. The van der Waals surface area contributed by atoms with Gasteiger partial charge in [-0.25, -0.2) is 4.39 Å². The minimum absolute atomic E-state index is 0.0397. The first-order valence-electron chi connectivity index (χ1n) is 9.98. The Morgan fingerprint density at radius 1 is 1.30 bits per heavy atom. The van der Waals surface area contributed by atoms with Gasteiger partial charge in [0.1, 0.15) is 4.33 Å². The van der Waals surface area contributed by atoms with Crippen LogP contribution in [0.3, 0.4) is 0 Å². The SMILES string of the molecule is COc1c(F)cc(C2C(C(=O)Nc3ccc(Cl)c(C(=O)CC4(C#N)CC4)c3)C2(Cl)Cl)cc1Br. The van der Waals surface area contributed by atoms with Crippen molar-refractivity contribution < 1.29 is 18.7 Å². The Bertz CT molecular complexity index is 1190. The quantitative estimate of drug-likeness (QED) is 0.297. The van der Waals surface area contributed by atoms with Crippen LogP contribution in [0, 0.1) is 28.5 Å². The van der Waals surface area contributed by atoms with Crippen LogP contribution in [0.25, 0.3) is 0 Å². The van der Waals surface area contributed by atoms with Crippen LogP contribution in [-0.4, -0.2) is 23.1 Å². The molecule has 4 rings (SSSR count). The zero-order valence-corrected chi connectivity index (χ0v) is 21.1. The number of rotatable bonds is 7. The molecule has 2 aliphatic carbocycles. The van der Waals surface area contributed by atoms with Crippen molar-refractivity contribution in [1.29, 1.82) is 5.26 Å². The standard InChI is InChI=1S/C23H17BrCl3FN2O3/c1-33-20-14(24)6-11(7-16(20)28)18-19(23(18,26)27)21(32)30-12-2-3-15(25)13(8-12)17(31)9-22(10-29)4-5-22/h2-3,6-8,18-19H,4-5,9H2,1H3,(H,30,32). The minimum Gasteiger partial charge on any atom is -0.492 e. The third kappa shape index (κ3) is 4.59. The van der Waals surface area contributed by atoms with Crippen LogP contribution >= 0.6 is 50.7 Å². The summed E-state index contributed by atoms with van der Waals surface area (Å²) < 4.78 is 18.3. The lowest BCUT2D eigenvalue weighted by molar-refractivity contribution is -0.117. The number of nitriles is 1. The molecular formula is C23H17BrCl3FN2O3. The largest absolute Gasteiger partial charge is 0.492 e. The number of ether oxygens (including phenoxy) is 1. The van der Waals surface area contributed by atoms with Gasteiger partial charge in [-0.1, -0.05) is 11.6 Å². The van der Waals surface area contributed by atoms with Crippen molar-refractivity contribution in [2.75, 3.05) is 12.4 Å². The number of carbonyl (C=O) groups is 2. The summed E-state index contributed by atoms with van der Waals surface area (Å²) in [5.74, 6) is -2.79. The van der Waals surface area contributed by atoms with Gasteiger partial charge in [0.2, 0.25) is 5.91 Å². The maximum Gasteiger partial charge on any atom is 0.231 e. The predicted molar refractivity (Wildman–Crippen MR) is 128 cm³/mol. The van der Waals surface area contributed by atoms with Crippen LogP contribution in [0.5, 0.6) is 5.75 Å². The smallest absolute Gasteiger partial charge is 0.231 e. The number of nitrogens with zero attached hydrogens (tertiary/aromatic N) is 1. The van der Waals surface area contributed by atoms with Crippen molar-refractivity contribution >= 4 is 68.1 Å². The molecule has 172 valence electrons. The summed E-state index contributed by atoms with van der Waals surface area (Å²) in [6, 6.07) is 9.57. The Kier molecular flexibility index (Phi) is 6.43. The van der Waals surface area contributed by atoms with E-state index in [1.165, 1.54) is 25.3 Å². The number of hydrogen-bond donors (Lipinski definition) is 1. The molecule has 33 heavy (non-hydrogen) atoms. The molecule has 0 radical (unpaired) electrons. The molecule has 2 aliphatic rings. The molecule has 0 spiro atoms. The molecule has 2 atom stereocenters. The van der Waals surface area contributed by atoms with E-state index in [0.717, 1.165) is 0 Å². The third-order valence-corrected chi connectivity index (χ3v) is 7.90. The number of ketones is 1. The highest BCUT2D eigenvalue weighted by Gasteiger charge is 2.67. The molecule has 2 unspecified atom stereocenters. The number of benzene rings is 2. The van der Waals surface area contributed by atoms with Crippen LogP contribution in [0.2, 0.25) is 5.02 Å². The van der Waals surface area contributed by atoms with E-state index in [2.05, 4.69) is 27.3 Å². The Morgan fingerprint density at radius 3 is 2.58 bits per heavy atom. The highest BCUT2D eigenvalue weighted by molar-refractivity contribution is 9.10. The Balaban J connectivity index is 1.52. The molecule has 2 saturated carbocycles. The number of amides is 1. The summed E-state index contributed by atoms with van der Waals surface area (Å²) in [4.78, 5) is 25.6. The van der Waals surface area contributed by atoms with Crippen LogP contribution in [0.4, 0.5) is 10.1 Å². The van der Waals surface area contributed by atoms with Gasteiger partial charge in [-0.15, -0.1) is 23.2 Å². The molecule has 10 heteroatoms. The Hall–Kier alpha value is -1.85. The maximum atomic E-state index is 14.3. The van der Waals surface area contributed by atoms with Gasteiger partial charge in [-0.05, 0) is 64.7 Å². The molecule has 0 bridgehead atoms. The molecule has 0 saturated heterocycles. The lowest BCUT2D eigenvalue weighted by Gasteiger charge is -2.10. The van der Waals surface area contributed by atoms with Gasteiger partial charge in [0.25, 0.3) is 0 Å². The molecule has 1 N–H and O–H groups in total. The average molecular weight is 575 g/mol. The monoisotopic (exact) mass is 572 g/mol. The number of anilines is 1. The van der Waals surface area contributed by atoms with Crippen LogP contribution in [0.15, 0.2) is 34.8 Å². The third-order valence-electron chi connectivity index (χ3n) is 6.04. The van der Waals surface area contributed by atoms with E-state index in [-0.39, 0.29) is 28.5 Å². The fraction of sp³-hybridized carbons (Fsp3) is 0.348. The van der Waals surface area contributed by atoms with Gasteiger partial charge in [-0.3, -0.25) is 9.59 Å². The number of methoxy groups -OCH3 is 1. The number of hydrogen-bond acceptors (Lipinski definition) is 4. The zero-order chi connectivity index (χ0) is 24.1. The van der Waals surface area contributed by atoms with Crippen molar-refractivity contribution in [3.8, 4) is 11.8 Å². The van der Waals surface area contributed by atoms with Crippen molar-refractivity contribution in [3.05, 3.63) is 56.8 Å². The van der Waals surface area contributed by atoms with E-state index in [9.17, 15) is 19.2 Å². The van der Waals surface area contributed by atoms with Crippen molar-refractivity contribution in [1.82, 2.24) is 0 Å². The fourth-order valence-electron chi connectivity index (χ4n) is 3.94. The lowest BCUT2D eigenvalue weighted by Crippen LogP contribution is -2.17. The summed E-state index contributed by atoms with van der Waals surface area (Å²) in [6.07, 6.45) is 1.44. The zero-order valence-electron chi connectivity index (χ0n) is 17.2. The lowest BCUT2D eigenvalue weighted by atomic mass is 9.96. The molecule has 0 aliphatic heterocycles. The molecule has 0 aromatic heterocycles. The molecule has 2 fully saturated rings. The molecule has 5 nitrogen and oxygen atoms in total. The normalized spacial score (nSPS) is 21.6. The summed E-state index contributed by atoms with van der Waals surface area (Å²) in [6.45, 7) is 0. The number of halogens is 5. The summed E-state index contributed by atoms with van der Waals surface area (Å²) in [5.41, 5.74) is 0.405. The number of carbonyl (C=O) groups excluding carboxylic acids is 2. The molecule has 1 amide bonds. The number of Topliss-reactive ketones (excluding diaryl/α,β-unsaturated/α-hetero) is 1. The first-order chi connectivity index (χ1) is 15.5. The Labute approximate surface area is 213 Å². The van der Waals surface area contributed by atoms with E-state index in [0.29, 0.717) is 28.6 Å². The van der Waals surface area contributed by atoms with Crippen LogP contribution in [0.1, 0.15) is 41.1 Å². The first kappa shape index (κ1) is 24.3. The average Bonchev–Trinajstić information content (AvgIpc) is 3.64. The first-order valence-corrected chi connectivity index (χ1v) is 11.9. The van der Waals surface area contributed by atoms with Crippen molar-refractivity contribution in [3.63, 3.8) is 0 Å². The maximum absolute atomic E-state index is 14.3. The van der Waals surface area contributed by atoms with E-state index in [1.54, 1.807) is 12.1 Å². The van der Waals surface area contributed by atoms with Gasteiger partial charge < -0.3 is 10.1 Å². The van der Waals surface area contributed by atoms with Gasteiger partial charge in [0.05, 0.1) is 34.0 Å². The second-order valence-electron chi connectivity index (χ2n) is 8.32. The van der Waals surface area contributed by atoms with E-state index in [1.807, 2.05) is 0 Å². The van der Waals surface area contributed by atoms with E-state index >= 15 is 0 Å². The van der Waals surface area contributed by atoms with Gasteiger partial charge in [0, 0.05) is 23.6 Å². The van der Waals surface area contributed by atoms with E-state index in [4.69, 9.17) is 39.5 Å². The predicted octanol–water partition coefficient (Wildman–Crippen LogP) is 6.65.